The van der Waals surface area contributed by atoms with Crippen molar-refractivity contribution in [3.8, 4) is 0 Å². The zero-order valence-corrected chi connectivity index (χ0v) is 11.5. The Balaban J connectivity index is 2.01. The number of rotatable bonds is 5. The maximum atomic E-state index is 10.7. The first-order valence-corrected chi connectivity index (χ1v) is 6.48. The molecular weight excluding hydrogens is 254 g/mol. The van der Waals surface area contributed by atoms with E-state index in [1.165, 1.54) is 11.8 Å². The fourth-order valence-electron chi connectivity index (χ4n) is 1.99. The molecule has 0 aliphatic carbocycles. The topological polar surface area (TPSA) is 68.1 Å². The Morgan fingerprint density at radius 1 is 1.35 bits per heavy atom. The average molecular weight is 271 g/mol. The highest BCUT2D eigenvalue weighted by Crippen LogP contribution is 2.20. The molecular formula is C15H17N3O2. The summed E-state index contributed by atoms with van der Waals surface area (Å²) in [4.78, 5) is 14.4. The predicted octanol–water partition coefficient (Wildman–Crippen LogP) is 3.51. The third-order valence-corrected chi connectivity index (χ3v) is 3.24. The van der Waals surface area contributed by atoms with Gasteiger partial charge in [-0.3, -0.25) is 10.1 Å². The molecule has 0 radical (unpaired) electrons. The van der Waals surface area contributed by atoms with Gasteiger partial charge in [-0.05, 0) is 24.5 Å². The Bertz CT molecular complexity index is 599. The second-order valence-corrected chi connectivity index (χ2v) is 4.81. The van der Waals surface area contributed by atoms with E-state index in [0.717, 1.165) is 6.54 Å². The maximum Gasteiger partial charge on any atom is 0.290 e. The highest BCUT2D eigenvalue weighted by atomic mass is 16.6. The first kappa shape index (κ1) is 14.0. The van der Waals surface area contributed by atoms with Crippen molar-refractivity contribution < 1.29 is 4.92 Å². The van der Waals surface area contributed by atoms with Crippen LogP contribution in [0.4, 0.5) is 11.5 Å². The van der Waals surface area contributed by atoms with Crippen molar-refractivity contribution in [3.63, 3.8) is 0 Å². The molecule has 1 atom stereocenters. The zero-order valence-electron chi connectivity index (χ0n) is 11.5. The van der Waals surface area contributed by atoms with Gasteiger partial charge >= 0.3 is 0 Å². The minimum atomic E-state index is -0.418. The molecule has 0 saturated heterocycles. The smallest absolute Gasteiger partial charge is 0.290 e. The molecule has 0 saturated carbocycles. The van der Waals surface area contributed by atoms with Crippen LogP contribution in [0.25, 0.3) is 0 Å². The van der Waals surface area contributed by atoms with Crippen LogP contribution in [0.3, 0.4) is 0 Å². The van der Waals surface area contributed by atoms with Crippen LogP contribution in [-0.4, -0.2) is 16.5 Å². The predicted molar refractivity (Wildman–Crippen MR) is 79.0 cm³/mol. The Morgan fingerprint density at radius 2 is 2.05 bits per heavy atom. The summed E-state index contributed by atoms with van der Waals surface area (Å²) in [5.41, 5.74) is 1.91. The van der Waals surface area contributed by atoms with E-state index in [0.29, 0.717) is 17.3 Å². The lowest BCUT2D eigenvalue weighted by Crippen LogP contribution is -2.11. The Labute approximate surface area is 117 Å². The quantitative estimate of drug-likeness (QED) is 0.667. The summed E-state index contributed by atoms with van der Waals surface area (Å²) < 4.78 is 0. The van der Waals surface area contributed by atoms with Gasteiger partial charge in [0.25, 0.3) is 5.69 Å². The van der Waals surface area contributed by atoms with E-state index in [-0.39, 0.29) is 5.69 Å². The van der Waals surface area contributed by atoms with Crippen LogP contribution in [0.1, 0.15) is 24.0 Å². The maximum absolute atomic E-state index is 10.7. The molecule has 20 heavy (non-hydrogen) atoms. The van der Waals surface area contributed by atoms with Crippen LogP contribution >= 0.6 is 0 Å². The number of benzene rings is 1. The van der Waals surface area contributed by atoms with Crippen molar-refractivity contribution in [2.75, 3.05) is 11.9 Å². The third kappa shape index (κ3) is 3.32. The van der Waals surface area contributed by atoms with Crippen LogP contribution < -0.4 is 5.32 Å². The number of hydrogen-bond donors (Lipinski definition) is 1. The number of hydrogen-bond acceptors (Lipinski definition) is 4. The molecule has 1 aromatic heterocycles. The summed E-state index contributed by atoms with van der Waals surface area (Å²) in [6, 6.07) is 11.9. The summed E-state index contributed by atoms with van der Waals surface area (Å²) in [5.74, 6) is 1.00. The fraction of sp³-hybridized carbons (Fsp3) is 0.267. The van der Waals surface area contributed by atoms with E-state index >= 15 is 0 Å². The average Bonchev–Trinajstić information content (AvgIpc) is 2.45. The van der Waals surface area contributed by atoms with Crippen molar-refractivity contribution in [1.29, 1.82) is 0 Å². The lowest BCUT2D eigenvalue weighted by Gasteiger charge is -2.13. The van der Waals surface area contributed by atoms with Gasteiger partial charge in [-0.1, -0.05) is 37.3 Å². The molecule has 5 nitrogen and oxygen atoms in total. The van der Waals surface area contributed by atoms with Crippen LogP contribution in [0, 0.1) is 17.0 Å². The van der Waals surface area contributed by atoms with E-state index in [1.807, 2.05) is 18.2 Å². The molecule has 104 valence electrons. The van der Waals surface area contributed by atoms with Crippen LogP contribution in [-0.2, 0) is 0 Å². The van der Waals surface area contributed by atoms with Crippen LogP contribution in [0.2, 0.25) is 0 Å². The first-order valence-electron chi connectivity index (χ1n) is 6.48. The molecule has 1 aromatic carbocycles. The number of nitrogens with one attached hydrogen (secondary N) is 1. The fourth-order valence-corrected chi connectivity index (χ4v) is 1.99. The molecule has 0 aliphatic rings. The second-order valence-electron chi connectivity index (χ2n) is 4.81. The molecule has 2 rings (SSSR count). The van der Waals surface area contributed by atoms with E-state index in [1.54, 1.807) is 13.0 Å². The molecule has 1 unspecified atom stereocenters. The molecule has 5 heteroatoms. The number of nitrogens with zero attached hydrogens (tertiary/aromatic N) is 2. The summed E-state index contributed by atoms with van der Waals surface area (Å²) in [6.45, 7) is 4.57. The molecule has 1 heterocycles. The normalized spacial score (nSPS) is 11.9. The minimum Gasteiger partial charge on any atom is -0.369 e. The Morgan fingerprint density at radius 3 is 2.65 bits per heavy atom. The summed E-state index contributed by atoms with van der Waals surface area (Å²) in [7, 11) is 0. The highest BCUT2D eigenvalue weighted by Gasteiger charge is 2.12. The molecule has 0 bridgehead atoms. The van der Waals surface area contributed by atoms with Crippen molar-refractivity contribution in [3.05, 3.63) is 63.8 Å². The minimum absolute atomic E-state index is 0.0478. The summed E-state index contributed by atoms with van der Waals surface area (Å²) in [6.07, 6.45) is 1.30. The monoisotopic (exact) mass is 271 g/mol. The van der Waals surface area contributed by atoms with E-state index in [2.05, 4.69) is 29.4 Å². The number of nitro groups is 1. The van der Waals surface area contributed by atoms with Crippen LogP contribution in [0.15, 0.2) is 42.6 Å². The van der Waals surface area contributed by atoms with Gasteiger partial charge in [-0.2, -0.15) is 0 Å². The van der Waals surface area contributed by atoms with Gasteiger partial charge in [0.05, 0.1) is 4.92 Å². The van der Waals surface area contributed by atoms with E-state index in [4.69, 9.17) is 0 Å². The molecule has 0 amide bonds. The number of anilines is 1. The molecule has 1 N–H and O–H groups in total. The third-order valence-electron chi connectivity index (χ3n) is 3.24. The van der Waals surface area contributed by atoms with E-state index in [9.17, 15) is 10.1 Å². The van der Waals surface area contributed by atoms with Crippen molar-refractivity contribution >= 4 is 11.5 Å². The standard InChI is InChI=1S/C15H17N3O2/c1-11-8-15(17-10-14(11)18(19)20)16-9-12(2)13-6-4-3-5-7-13/h3-8,10,12H,9H2,1-2H3,(H,16,17). The largest absolute Gasteiger partial charge is 0.369 e. The van der Waals surface area contributed by atoms with Crippen LogP contribution in [0.5, 0.6) is 0 Å². The lowest BCUT2D eigenvalue weighted by atomic mass is 10.0. The first-order chi connectivity index (χ1) is 9.58. The van der Waals surface area contributed by atoms with E-state index < -0.39 is 4.92 Å². The Kier molecular flexibility index (Phi) is 4.30. The van der Waals surface area contributed by atoms with Gasteiger partial charge in [0.2, 0.25) is 0 Å². The Hall–Kier alpha value is -2.43. The molecule has 0 aliphatic heterocycles. The van der Waals surface area contributed by atoms with Gasteiger partial charge in [0.1, 0.15) is 12.0 Å². The molecule has 2 aromatic rings. The molecule has 0 fully saturated rings. The SMILES string of the molecule is Cc1cc(NCC(C)c2ccccc2)ncc1[N+](=O)[O-]. The number of aryl methyl sites for hydroxylation is 1. The zero-order chi connectivity index (χ0) is 14.5. The summed E-state index contributed by atoms with van der Waals surface area (Å²) in [5, 5.41) is 13.9. The highest BCUT2D eigenvalue weighted by molar-refractivity contribution is 5.47. The van der Waals surface area contributed by atoms with Crippen molar-refractivity contribution in [2.24, 2.45) is 0 Å². The van der Waals surface area contributed by atoms with Gasteiger partial charge in [-0.15, -0.1) is 0 Å². The lowest BCUT2D eigenvalue weighted by molar-refractivity contribution is -0.385. The summed E-state index contributed by atoms with van der Waals surface area (Å²) >= 11 is 0. The van der Waals surface area contributed by atoms with Gasteiger partial charge in [0.15, 0.2) is 0 Å². The second kappa shape index (κ2) is 6.14. The van der Waals surface area contributed by atoms with Crippen molar-refractivity contribution in [2.45, 2.75) is 19.8 Å². The van der Waals surface area contributed by atoms with Gasteiger partial charge in [-0.25, -0.2) is 4.98 Å². The van der Waals surface area contributed by atoms with Gasteiger partial charge < -0.3 is 5.32 Å². The number of pyridine rings is 1. The molecule has 0 spiro atoms. The van der Waals surface area contributed by atoms with Crippen molar-refractivity contribution in [1.82, 2.24) is 4.98 Å². The number of aromatic nitrogens is 1. The van der Waals surface area contributed by atoms with Gasteiger partial charge in [0, 0.05) is 12.1 Å².